The quantitative estimate of drug-likeness (QED) is 0.537. The Morgan fingerprint density at radius 2 is 1.79 bits per heavy atom. The van der Waals surface area contributed by atoms with Crippen LogP contribution >= 0.6 is 0 Å². The number of benzene rings is 2. The highest BCUT2D eigenvalue weighted by molar-refractivity contribution is 5.90. The summed E-state index contributed by atoms with van der Waals surface area (Å²) in [6.07, 6.45) is 3.05. The van der Waals surface area contributed by atoms with Gasteiger partial charge in [-0.1, -0.05) is 30.3 Å². The van der Waals surface area contributed by atoms with Crippen LogP contribution in [0, 0.1) is 0 Å². The molecule has 0 bridgehead atoms. The first kappa shape index (κ1) is 21.0. The predicted octanol–water partition coefficient (Wildman–Crippen LogP) is 3.91. The molecule has 0 heterocycles. The van der Waals surface area contributed by atoms with E-state index in [-0.39, 0.29) is 18.0 Å². The molecular weight excluding hydrogens is 354 g/mol. The number of likely N-dealkylation sites (N-methyl/N-ethyl adjacent to an activating group) is 1. The molecule has 2 amide bonds. The summed E-state index contributed by atoms with van der Waals surface area (Å²) in [5.41, 5.74) is 2.62. The Labute approximate surface area is 166 Å². The van der Waals surface area contributed by atoms with E-state index in [9.17, 15) is 9.59 Å². The fourth-order valence-electron chi connectivity index (χ4n) is 2.50. The van der Waals surface area contributed by atoms with Gasteiger partial charge >= 0.3 is 12.0 Å². The van der Waals surface area contributed by atoms with Gasteiger partial charge in [0.05, 0.1) is 6.61 Å². The fraction of sp³-hybridized carbons (Fsp3) is 0.273. The summed E-state index contributed by atoms with van der Waals surface area (Å²) in [5, 5.41) is 5.69. The molecule has 28 heavy (non-hydrogen) atoms. The Bertz CT molecular complexity index is 788. The number of carbonyl (C=O) groups is 2. The fourth-order valence-corrected chi connectivity index (χ4v) is 2.50. The molecule has 0 aliphatic carbocycles. The molecule has 0 aliphatic rings. The lowest BCUT2D eigenvalue weighted by Gasteiger charge is -2.27. The van der Waals surface area contributed by atoms with Gasteiger partial charge in [-0.25, -0.2) is 9.59 Å². The highest BCUT2D eigenvalue weighted by Crippen LogP contribution is 2.14. The van der Waals surface area contributed by atoms with Crippen molar-refractivity contribution in [3.8, 4) is 0 Å². The Balaban J connectivity index is 1.80. The van der Waals surface area contributed by atoms with E-state index in [1.54, 1.807) is 25.1 Å². The Kier molecular flexibility index (Phi) is 8.09. The number of nitrogens with zero attached hydrogens (tertiary/aromatic N) is 1. The normalized spacial score (nSPS) is 11.7. The van der Waals surface area contributed by atoms with Crippen molar-refractivity contribution < 1.29 is 14.3 Å². The van der Waals surface area contributed by atoms with Crippen LogP contribution in [0.25, 0.3) is 6.08 Å². The lowest BCUT2D eigenvalue weighted by molar-refractivity contribution is -0.137. The molecule has 2 N–H and O–H groups in total. The first-order valence-corrected chi connectivity index (χ1v) is 9.27. The van der Waals surface area contributed by atoms with Crippen molar-refractivity contribution in [2.24, 2.45) is 0 Å². The van der Waals surface area contributed by atoms with E-state index < -0.39 is 0 Å². The predicted molar refractivity (Wildman–Crippen MR) is 113 cm³/mol. The van der Waals surface area contributed by atoms with Gasteiger partial charge in [0.1, 0.15) is 0 Å². The Morgan fingerprint density at radius 3 is 2.43 bits per heavy atom. The van der Waals surface area contributed by atoms with E-state index in [1.165, 1.54) is 6.08 Å². The van der Waals surface area contributed by atoms with Gasteiger partial charge < -0.3 is 20.3 Å². The average molecular weight is 381 g/mol. The number of hydrogen-bond donors (Lipinski definition) is 2. The SMILES string of the molecule is CCOC(=O)/C=C/c1ccc(NC(=O)NCC(C)N(C)c2ccccc2)cc1. The molecule has 1 unspecified atom stereocenters. The van der Waals surface area contributed by atoms with Gasteiger partial charge in [-0.15, -0.1) is 0 Å². The summed E-state index contributed by atoms with van der Waals surface area (Å²) in [6.45, 7) is 4.67. The average Bonchev–Trinajstić information content (AvgIpc) is 2.72. The first-order valence-electron chi connectivity index (χ1n) is 9.27. The molecule has 6 nitrogen and oxygen atoms in total. The van der Waals surface area contributed by atoms with Gasteiger partial charge in [0.2, 0.25) is 0 Å². The number of ether oxygens (including phenoxy) is 1. The van der Waals surface area contributed by atoms with Crippen molar-refractivity contribution in [2.75, 3.05) is 30.4 Å². The van der Waals surface area contributed by atoms with Crippen LogP contribution in [0.1, 0.15) is 19.4 Å². The van der Waals surface area contributed by atoms with Gasteiger partial charge in [-0.2, -0.15) is 0 Å². The third kappa shape index (κ3) is 6.79. The number of esters is 1. The van der Waals surface area contributed by atoms with Gasteiger partial charge in [0, 0.05) is 37.1 Å². The van der Waals surface area contributed by atoms with Gasteiger partial charge in [0.25, 0.3) is 0 Å². The van der Waals surface area contributed by atoms with Crippen LogP contribution in [0.3, 0.4) is 0 Å². The molecule has 0 aliphatic heterocycles. The summed E-state index contributed by atoms with van der Waals surface area (Å²) >= 11 is 0. The number of carbonyl (C=O) groups excluding carboxylic acids is 2. The van der Waals surface area contributed by atoms with Crippen LogP contribution < -0.4 is 15.5 Å². The van der Waals surface area contributed by atoms with E-state index in [1.807, 2.05) is 49.5 Å². The zero-order valence-electron chi connectivity index (χ0n) is 16.5. The van der Waals surface area contributed by atoms with Crippen LogP contribution in [0.15, 0.2) is 60.7 Å². The van der Waals surface area contributed by atoms with Crippen LogP contribution in [0.5, 0.6) is 0 Å². The second-order valence-electron chi connectivity index (χ2n) is 6.34. The summed E-state index contributed by atoms with van der Waals surface area (Å²) in [4.78, 5) is 25.6. The molecule has 0 saturated carbocycles. The lowest BCUT2D eigenvalue weighted by atomic mass is 10.2. The standard InChI is InChI=1S/C22H27N3O3/c1-4-28-21(26)15-12-18-10-13-19(14-11-18)24-22(27)23-16-17(2)25(3)20-8-6-5-7-9-20/h5-15,17H,4,16H2,1-3H3,(H2,23,24,27)/b15-12+. The van der Waals surface area contributed by atoms with Crippen LogP contribution in [0.4, 0.5) is 16.2 Å². The maximum Gasteiger partial charge on any atom is 0.330 e. The lowest BCUT2D eigenvalue weighted by Crippen LogP contribution is -2.41. The third-order valence-electron chi connectivity index (χ3n) is 4.25. The molecular formula is C22H27N3O3. The minimum absolute atomic E-state index is 0.142. The maximum absolute atomic E-state index is 12.1. The van der Waals surface area contributed by atoms with E-state index in [0.717, 1.165) is 11.3 Å². The molecule has 148 valence electrons. The summed E-state index contributed by atoms with van der Waals surface area (Å²) in [5.74, 6) is -0.376. The van der Waals surface area contributed by atoms with E-state index in [2.05, 4.69) is 22.5 Å². The highest BCUT2D eigenvalue weighted by Gasteiger charge is 2.11. The second-order valence-corrected chi connectivity index (χ2v) is 6.34. The third-order valence-corrected chi connectivity index (χ3v) is 4.25. The van der Waals surface area contributed by atoms with Gasteiger partial charge in [0.15, 0.2) is 0 Å². The largest absolute Gasteiger partial charge is 0.463 e. The second kappa shape index (κ2) is 10.8. The zero-order valence-corrected chi connectivity index (χ0v) is 16.5. The van der Waals surface area contributed by atoms with Crippen molar-refractivity contribution in [3.05, 3.63) is 66.2 Å². The molecule has 0 radical (unpaired) electrons. The molecule has 0 aromatic heterocycles. The number of urea groups is 1. The van der Waals surface area contributed by atoms with Crippen molar-refractivity contribution in [1.82, 2.24) is 5.32 Å². The molecule has 2 aromatic rings. The van der Waals surface area contributed by atoms with Crippen LogP contribution in [-0.2, 0) is 9.53 Å². The minimum Gasteiger partial charge on any atom is -0.463 e. The number of nitrogens with one attached hydrogen (secondary N) is 2. The summed E-state index contributed by atoms with van der Waals surface area (Å²) in [6, 6.07) is 17.1. The van der Waals surface area contributed by atoms with E-state index in [4.69, 9.17) is 4.74 Å². The van der Waals surface area contributed by atoms with Crippen LogP contribution in [0.2, 0.25) is 0 Å². The minimum atomic E-state index is -0.376. The zero-order chi connectivity index (χ0) is 20.4. The molecule has 0 spiro atoms. The van der Waals surface area contributed by atoms with Crippen molar-refractivity contribution in [1.29, 1.82) is 0 Å². The number of para-hydroxylation sites is 1. The Hall–Kier alpha value is -3.28. The number of rotatable bonds is 8. The number of hydrogen-bond acceptors (Lipinski definition) is 4. The monoisotopic (exact) mass is 381 g/mol. The number of amides is 2. The molecule has 2 aromatic carbocycles. The van der Waals surface area contributed by atoms with Crippen molar-refractivity contribution in [2.45, 2.75) is 19.9 Å². The molecule has 1 atom stereocenters. The topological polar surface area (TPSA) is 70.7 Å². The van der Waals surface area contributed by atoms with E-state index in [0.29, 0.717) is 18.8 Å². The van der Waals surface area contributed by atoms with Gasteiger partial charge in [-0.3, -0.25) is 0 Å². The summed E-state index contributed by atoms with van der Waals surface area (Å²) in [7, 11) is 2.00. The molecule has 2 rings (SSSR count). The van der Waals surface area contributed by atoms with Gasteiger partial charge in [-0.05, 0) is 49.8 Å². The molecule has 0 fully saturated rings. The van der Waals surface area contributed by atoms with Crippen LogP contribution in [-0.4, -0.2) is 38.2 Å². The smallest absolute Gasteiger partial charge is 0.330 e. The molecule has 0 saturated heterocycles. The number of anilines is 2. The Morgan fingerprint density at radius 1 is 1.11 bits per heavy atom. The highest BCUT2D eigenvalue weighted by atomic mass is 16.5. The summed E-state index contributed by atoms with van der Waals surface area (Å²) < 4.78 is 4.84. The maximum atomic E-state index is 12.1. The molecule has 6 heteroatoms. The van der Waals surface area contributed by atoms with Crippen molar-refractivity contribution >= 4 is 29.5 Å². The first-order chi connectivity index (χ1) is 13.5. The van der Waals surface area contributed by atoms with E-state index >= 15 is 0 Å². The van der Waals surface area contributed by atoms with Crippen molar-refractivity contribution in [3.63, 3.8) is 0 Å².